The van der Waals surface area contributed by atoms with E-state index >= 15 is 0 Å². The van der Waals surface area contributed by atoms with Gasteiger partial charge in [-0.25, -0.2) is 4.79 Å². The maximum absolute atomic E-state index is 11.8. The van der Waals surface area contributed by atoms with Gasteiger partial charge in [-0.05, 0) is 61.1 Å². The molecule has 1 heterocycles. The first-order valence-corrected chi connectivity index (χ1v) is 11.9. The average molecular weight is 466 g/mol. The molecule has 3 atom stereocenters. The second-order valence-corrected chi connectivity index (χ2v) is 11.2. The van der Waals surface area contributed by atoms with Gasteiger partial charge in [-0.15, -0.1) is 0 Å². The molecule has 0 bridgehead atoms. The second-order valence-electron chi connectivity index (χ2n) is 10.3. The summed E-state index contributed by atoms with van der Waals surface area (Å²) in [5, 5.41) is 21.3. The van der Waals surface area contributed by atoms with Gasteiger partial charge in [0, 0.05) is 23.0 Å². The van der Waals surface area contributed by atoms with Crippen molar-refractivity contribution in [3.05, 3.63) is 34.3 Å². The molecule has 1 aromatic rings. The summed E-state index contributed by atoms with van der Waals surface area (Å²) < 4.78 is 1.05. The Labute approximate surface area is 183 Å². The van der Waals surface area contributed by atoms with E-state index in [4.69, 9.17) is 0 Å². The van der Waals surface area contributed by atoms with Crippen LogP contribution in [0.5, 0.6) is 0 Å². The van der Waals surface area contributed by atoms with Crippen LogP contribution in [0.15, 0.2) is 28.7 Å². The van der Waals surface area contributed by atoms with Crippen LogP contribution in [-0.4, -0.2) is 39.4 Å². The third-order valence-electron chi connectivity index (χ3n) is 7.17. The van der Waals surface area contributed by atoms with Crippen molar-refractivity contribution in [2.24, 2.45) is 11.3 Å². The van der Waals surface area contributed by atoms with E-state index in [1.165, 1.54) is 12.0 Å². The van der Waals surface area contributed by atoms with Crippen LogP contribution in [0.25, 0.3) is 0 Å². The maximum Gasteiger partial charge on any atom is 0.407 e. The fourth-order valence-corrected chi connectivity index (χ4v) is 5.77. The SMILES string of the molecule is CC(C)(C)C1CC(CC(c2ccc(Br)cc2)C2(O)CCCCC2)CCN1C(=O)O. The summed E-state index contributed by atoms with van der Waals surface area (Å²) in [7, 11) is 0. The van der Waals surface area contributed by atoms with E-state index in [1.54, 1.807) is 4.90 Å². The summed E-state index contributed by atoms with van der Waals surface area (Å²) in [5.41, 5.74) is 0.477. The molecule has 5 heteroatoms. The Morgan fingerprint density at radius 3 is 2.38 bits per heavy atom. The lowest BCUT2D eigenvalue weighted by atomic mass is 9.67. The predicted molar refractivity (Wildman–Crippen MR) is 120 cm³/mol. The fourth-order valence-electron chi connectivity index (χ4n) is 5.51. The van der Waals surface area contributed by atoms with Crippen LogP contribution < -0.4 is 0 Å². The topological polar surface area (TPSA) is 60.8 Å². The zero-order valence-corrected chi connectivity index (χ0v) is 19.6. The van der Waals surface area contributed by atoms with Crippen LogP contribution in [0.3, 0.4) is 0 Å². The molecule has 4 nitrogen and oxygen atoms in total. The Hall–Kier alpha value is -1.07. The van der Waals surface area contributed by atoms with Gasteiger partial charge in [0.25, 0.3) is 0 Å². The average Bonchev–Trinajstić information content (AvgIpc) is 2.66. The van der Waals surface area contributed by atoms with Crippen LogP contribution in [-0.2, 0) is 0 Å². The molecule has 162 valence electrons. The van der Waals surface area contributed by atoms with Crippen molar-refractivity contribution in [1.82, 2.24) is 4.90 Å². The Bertz CT molecular complexity index is 691. The lowest BCUT2D eigenvalue weighted by Gasteiger charge is -2.47. The highest BCUT2D eigenvalue weighted by Crippen LogP contribution is 2.46. The van der Waals surface area contributed by atoms with Gasteiger partial charge in [0.15, 0.2) is 0 Å². The molecule has 2 N–H and O–H groups in total. The number of rotatable bonds is 4. The standard InChI is InChI=1S/C24H36BrNO3/c1-23(2,3)21-16-17(11-14-26(21)22(27)28)15-20(18-7-9-19(25)10-8-18)24(29)12-5-4-6-13-24/h7-10,17,20-21,29H,4-6,11-16H2,1-3H3,(H,27,28). The summed E-state index contributed by atoms with van der Waals surface area (Å²) in [4.78, 5) is 13.4. The summed E-state index contributed by atoms with van der Waals surface area (Å²) in [5.74, 6) is 0.535. The molecule has 0 aromatic heterocycles. The third kappa shape index (κ3) is 5.35. The molecule has 29 heavy (non-hydrogen) atoms. The van der Waals surface area contributed by atoms with Crippen LogP contribution in [0, 0.1) is 11.3 Å². The van der Waals surface area contributed by atoms with E-state index in [2.05, 4.69) is 61.0 Å². The molecule has 1 saturated carbocycles. The molecule has 0 spiro atoms. The second kappa shape index (κ2) is 8.97. The lowest BCUT2D eigenvalue weighted by molar-refractivity contribution is -0.0350. The van der Waals surface area contributed by atoms with Crippen molar-refractivity contribution in [3.63, 3.8) is 0 Å². The van der Waals surface area contributed by atoms with Crippen molar-refractivity contribution in [1.29, 1.82) is 0 Å². The molecule has 1 aliphatic heterocycles. The van der Waals surface area contributed by atoms with Crippen molar-refractivity contribution < 1.29 is 15.0 Å². The number of hydrogen-bond donors (Lipinski definition) is 2. The molecular weight excluding hydrogens is 430 g/mol. The zero-order valence-electron chi connectivity index (χ0n) is 18.0. The third-order valence-corrected chi connectivity index (χ3v) is 7.69. The Balaban J connectivity index is 1.84. The number of amides is 1. The first kappa shape index (κ1) is 22.6. The highest BCUT2D eigenvalue weighted by molar-refractivity contribution is 9.10. The van der Waals surface area contributed by atoms with Gasteiger partial charge in [0.05, 0.1) is 5.60 Å². The monoisotopic (exact) mass is 465 g/mol. The molecule has 1 amide bonds. The highest BCUT2D eigenvalue weighted by atomic mass is 79.9. The minimum absolute atomic E-state index is 0.0188. The largest absolute Gasteiger partial charge is 0.465 e. The van der Waals surface area contributed by atoms with Crippen LogP contribution in [0.2, 0.25) is 0 Å². The summed E-state index contributed by atoms with van der Waals surface area (Å²) in [6, 6.07) is 8.45. The van der Waals surface area contributed by atoms with E-state index in [0.717, 1.165) is 49.4 Å². The van der Waals surface area contributed by atoms with Crippen LogP contribution in [0.4, 0.5) is 4.79 Å². The number of likely N-dealkylation sites (tertiary alicyclic amines) is 1. The number of carboxylic acid groups (broad SMARTS) is 1. The Morgan fingerprint density at radius 1 is 1.21 bits per heavy atom. The molecule has 0 radical (unpaired) electrons. The van der Waals surface area contributed by atoms with E-state index in [-0.39, 0.29) is 17.4 Å². The number of carbonyl (C=O) groups is 1. The number of nitrogens with zero attached hydrogens (tertiary/aromatic N) is 1. The quantitative estimate of drug-likeness (QED) is 0.538. The molecular formula is C24H36BrNO3. The highest BCUT2D eigenvalue weighted by Gasteiger charge is 2.43. The smallest absolute Gasteiger partial charge is 0.407 e. The van der Waals surface area contributed by atoms with Gasteiger partial charge in [-0.1, -0.05) is 68.1 Å². The fraction of sp³-hybridized carbons (Fsp3) is 0.708. The van der Waals surface area contributed by atoms with Crippen molar-refractivity contribution in [3.8, 4) is 0 Å². The summed E-state index contributed by atoms with van der Waals surface area (Å²) in [6.45, 7) is 7.00. The minimum Gasteiger partial charge on any atom is -0.465 e. The predicted octanol–water partition coefficient (Wildman–Crippen LogP) is 6.42. The lowest BCUT2D eigenvalue weighted by Crippen LogP contribution is -2.52. The van der Waals surface area contributed by atoms with E-state index < -0.39 is 11.7 Å². The number of piperidine rings is 1. The zero-order chi connectivity index (χ0) is 21.2. The normalized spacial score (nSPS) is 26.2. The summed E-state index contributed by atoms with van der Waals surface area (Å²) >= 11 is 3.53. The number of halogens is 1. The van der Waals surface area contributed by atoms with Crippen molar-refractivity contribution in [2.45, 2.75) is 89.7 Å². The van der Waals surface area contributed by atoms with E-state index in [9.17, 15) is 15.0 Å². The Kier molecular flexibility index (Phi) is 6.99. The van der Waals surface area contributed by atoms with Gasteiger partial charge in [0.1, 0.15) is 0 Å². The van der Waals surface area contributed by atoms with Gasteiger partial charge < -0.3 is 15.1 Å². The Morgan fingerprint density at radius 2 is 1.83 bits per heavy atom. The first-order chi connectivity index (χ1) is 13.6. The number of benzene rings is 1. The van der Waals surface area contributed by atoms with Crippen LogP contribution in [0.1, 0.15) is 83.6 Å². The molecule has 1 aliphatic carbocycles. The molecule has 2 aliphatic rings. The molecule has 3 rings (SSSR count). The van der Waals surface area contributed by atoms with E-state index in [1.807, 2.05) is 0 Å². The molecule has 3 unspecified atom stereocenters. The first-order valence-electron chi connectivity index (χ1n) is 11.1. The van der Waals surface area contributed by atoms with E-state index in [0.29, 0.717) is 12.5 Å². The molecule has 1 saturated heterocycles. The van der Waals surface area contributed by atoms with Crippen molar-refractivity contribution in [2.75, 3.05) is 6.54 Å². The minimum atomic E-state index is -0.807. The summed E-state index contributed by atoms with van der Waals surface area (Å²) in [6.07, 6.45) is 6.99. The van der Waals surface area contributed by atoms with Crippen LogP contribution >= 0.6 is 15.9 Å². The van der Waals surface area contributed by atoms with Gasteiger partial charge in [0.2, 0.25) is 0 Å². The molecule has 2 fully saturated rings. The van der Waals surface area contributed by atoms with Gasteiger partial charge in [-0.2, -0.15) is 0 Å². The van der Waals surface area contributed by atoms with Crippen molar-refractivity contribution >= 4 is 22.0 Å². The maximum atomic E-state index is 11.8. The molecule has 1 aromatic carbocycles. The van der Waals surface area contributed by atoms with Gasteiger partial charge >= 0.3 is 6.09 Å². The number of aliphatic hydroxyl groups is 1. The van der Waals surface area contributed by atoms with Gasteiger partial charge in [-0.3, -0.25) is 0 Å². The number of hydrogen-bond acceptors (Lipinski definition) is 2.